The Labute approximate surface area is 254 Å². The summed E-state index contributed by atoms with van der Waals surface area (Å²) < 4.78 is 5.23. The van der Waals surface area contributed by atoms with Crippen molar-refractivity contribution < 1.29 is 18.9 Å². The van der Waals surface area contributed by atoms with Crippen LogP contribution in [0.4, 0.5) is 17.1 Å². The van der Waals surface area contributed by atoms with Crippen molar-refractivity contribution in [3.05, 3.63) is 70.6 Å². The molecule has 9 heteroatoms. The minimum Gasteiger partial charge on any atom is -0.368 e. The van der Waals surface area contributed by atoms with Gasteiger partial charge in [0, 0.05) is 56.8 Å². The highest BCUT2D eigenvalue weighted by Crippen LogP contribution is 2.31. The van der Waals surface area contributed by atoms with Crippen molar-refractivity contribution in [3.63, 3.8) is 0 Å². The van der Waals surface area contributed by atoms with E-state index in [9.17, 15) is 14.4 Å². The summed E-state index contributed by atoms with van der Waals surface area (Å²) in [5.41, 5.74) is 5.36. The Balaban J connectivity index is 1.28. The number of piperazine rings is 1. The van der Waals surface area contributed by atoms with Gasteiger partial charge in [-0.05, 0) is 75.8 Å². The topological polar surface area (TPSA) is 108 Å². The smallest absolute Gasteiger partial charge is 0.261 e. The Morgan fingerprint density at radius 2 is 1.70 bits per heavy atom. The molecule has 2 amide bonds. The molecule has 1 aliphatic carbocycles. The lowest BCUT2D eigenvalue weighted by atomic mass is 9.94. The van der Waals surface area contributed by atoms with Gasteiger partial charge >= 0.3 is 0 Å². The minimum absolute atomic E-state index is 0.180. The predicted octanol–water partition coefficient (Wildman–Crippen LogP) is 5.84. The van der Waals surface area contributed by atoms with Crippen LogP contribution in [0.1, 0.15) is 82.7 Å². The molecule has 3 aromatic rings. The number of aromatic nitrogens is 1. The van der Waals surface area contributed by atoms with Crippen molar-refractivity contribution in [1.82, 2.24) is 10.5 Å². The van der Waals surface area contributed by atoms with Crippen molar-refractivity contribution in [3.8, 4) is 0 Å². The number of rotatable bonds is 9. The first-order valence-electron chi connectivity index (χ1n) is 15.5. The van der Waals surface area contributed by atoms with Gasteiger partial charge in [-0.1, -0.05) is 36.2 Å². The minimum atomic E-state index is -0.313. The lowest BCUT2D eigenvalue weighted by Gasteiger charge is -2.38. The summed E-state index contributed by atoms with van der Waals surface area (Å²) in [5.74, 6) is 0.748. The third-order valence-electron chi connectivity index (χ3n) is 8.75. The number of anilines is 3. The zero-order valence-corrected chi connectivity index (χ0v) is 25.6. The summed E-state index contributed by atoms with van der Waals surface area (Å²) >= 11 is 0. The quantitative estimate of drug-likeness (QED) is 0.240. The Hall–Kier alpha value is -4.14. The lowest BCUT2D eigenvalue weighted by Crippen LogP contribution is -2.47. The van der Waals surface area contributed by atoms with Crippen LogP contribution >= 0.6 is 0 Å². The number of benzene rings is 2. The number of ketones is 1. The van der Waals surface area contributed by atoms with Gasteiger partial charge < -0.3 is 25.0 Å². The van der Waals surface area contributed by atoms with Gasteiger partial charge in [-0.2, -0.15) is 0 Å². The molecule has 0 bridgehead atoms. The largest absolute Gasteiger partial charge is 0.368 e. The molecule has 1 unspecified atom stereocenters. The average Bonchev–Trinajstić information content (AvgIpc) is 3.20. The maximum Gasteiger partial charge on any atom is 0.261 e. The van der Waals surface area contributed by atoms with Crippen LogP contribution in [0.2, 0.25) is 0 Å². The van der Waals surface area contributed by atoms with Crippen LogP contribution in [0.15, 0.2) is 47.0 Å². The molecule has 1 saturated carbocycles. The van der Waals surface area contributed by atoms with Gasteiger partial charge in [-0.3, -0.25) is 14.4 Å². The molecule has 2 heterocycles. The molecule has 1 aliphatic heterocycles. The van der Waals surface area contributed by atoms with Crippen molar-refractivity contribution in [2.75, 3.05) is 47.8 Å². The van der Waals surface area contributed by atoms with Crippen LogP contribution in [0.25, 0.3) is 0 Å². The maximum absolute atomic E-state index is 13.4. The molecular weight excluding hydrogens is 542 g/mol. The zero-order valence-electron chi connectivity index (χ0n) is 25.6. The number of carbonyl (C=O) groups is 3. The zero-order chi connectivity index (χ0) is 30.3. The summed E-state index contributed by atoms with van der Waals surface area (Å²) in [6.07, 6.45) is 6.36. The average molecular weight is 586 g/mol. The standard InChI is InChI=1S/C34H43N5O4/c1-23-9-4-7-13-30(23)38-17-19-39(20-18-38)31-15-14-27(22-29(31)36-34(42)32-24(2)37-43-25(32)3)33(41)35-16-8-11-26-10-5-6-12-28(40)21-26/h4,7,9,13-15,22,26H,5-6,8,10-12,16-21H2,1-3H3,(H,35,41)(H,36,42). The van der Waals surface area contributed by atoms with Crippen molar-refractivity contribution in [1.29, 1.82) is 0 Å². The van der Waals surface area contributed by atoms with E-state index in [0.717, 1.165) is 64.0 Å². The maximum atomic E-state index is 13.4. The fourth-order valence-corrected chi connectivity index (χ4v) is 6.37. The van der Waals surface area contributed by atoms with Gasteiger partial charge in [0.25, 0.3) is 11.8 Å². The van der Waals surface area contributed by atoms with Crippen molar-refractivity contribution >= 4 is 34.7 Å². The van der Waals surface area contributed by atoms with Crippen LogP contribution in [-0.4, -0.2) is 55.5 Å². The Kier molecular flexibility index (Phi) is 9.79. The lowest BCUT2D eigenvalue weighted by molar-refractivity contribution is -0.119. The highest BCUT2D eigenvalue weighted by atomic mass is 16.5. The van der Waals surface area contributed by atoms with E-state index < -0.39 is 0 Å². The third-order valence-corrected chi connectivity index (χ3v) is 8.75. The predicted molar refractivity (Wildman–Crippen MR) is 169 cm³/mol. The SMILES string of the molecule is Cc1ccccc1N1CCN(c2ccc(C(=O)NCCCC3CCCCC(=O)C3)cc2NC(=O)c2c(C)noc2C)CC1. The van der Waals surface area contributed by atoms with E-state index in [1.807, 2.05) is 12.1 Å². The highest BCUT2D eigenvalue weighted by Gasteiger charge is 2.24. The van der Waals surface area contributed by atoms with E-state index in [1.54, 1.807) is 19.9 Å². The number of para-hydroxylation sites is 1. The molecule has 2 aliphatic rings. The van der Waals surface area contributed by atoms with Crippen LogP contribution in [0.3, 0.4) is 0 Å². The Morgan fingerprint density at radius 1 is 0.953 bits per heavy atom. The number of aryl methyl sites for hydroxylation is 3. The number of Topliss-reactive ketones (excluding diaryl/α,β-unsaturated/α-hetero) is 1. The van der Waals surface area contributed by atoms with Crippen LogP contribution < -0.4 is 20.4 Å². The number of carbonyl (C=O) groups excluding carboxylic acids is 3. The first-order valence-corrected chi connectivity index (χ1v) is 15.5. The summed E-state index contributed by atoms with van der Waals surface area (Å²) in [5, 5.41) is 10.0. The van der Waals surface area contributed by atoms with E-state index in [2.05, 4.69) is 56.8 Å². The van der Waals surface area contributed by atoms with E-state index in [4.69, 9.17) is 4.52 Å². The fourth-order valence-electron chi connectivity index (χ4n) is 6.37. The van der Waals surface area contributed by atoms with Gasteiger partial charge in [0.15, 0.2) is 0 Å². The molecule has 5 rings (SSSR count). The molecule has 2 aromatic carbocycles. The van der Waals surface area contributed by atoms with Crippen LogP contribution in [-0.2, 0) is 4.79 Å². The summed E-state index contributed by atoms with van der Waals surface area (Å²) in [4.78, 5) is 43.1. The van der Waals surface area contributed by atoms with Gasteiger partial charge in [0.05, 0.1) is 17.1 Å². The van der Waals surface area contributed by atoms with Gasteiger partial charge in [0.1, 0.15) is 17.1 Å². The molecule has 2 N–H and O–H groups in total. The number of amides is 2. The van der Waals surface area contributed by atoms with Crippen molar-refractivity contribution in [2.24, 2.45) is 5.92 Å². The normalized spacial score (nSPS) is 17.5. The fraction of sp³-hybridized carbons (Fsp3) is 0.471. The molecule has 228 valence electrons. The van der Waals surface area contributed by atoms with E-state index in [1.165, 1.54) is 11.3 Å². The second kappa shape index (κ2) is 13.9. The molecule has 43 heavy (non-hydrogen) atoms. The first-order chi connectivity index (χ1) is 20.8. The summed E-state index contributed by atoms with van der Waals surface area (Å²) in [6.45, 7) is 9.38. The Bertz CT molecular complexity index is 1440. The second-order valence-electron chi connectivity index (χ2n) is 11.9. The van der Waals surface area contributed by atoms with Gasteiger partial charge in [-0.25, -0.2) is 0 Å². The molecule has 0 spiro atoms. The molecule has 1 aromatic heterocycles. The Morgan fingerprint density at radius 3 is 2.42 bits per heavy atom. The van der Waals surface area contributed by atoms with Crippen LogP contribution in [0, 0.1) is 26.7 Å². The third kappa shape index (κ3) is 7.45. The number of nitrogens with zero attached hydrogens (tertiary/aromatic N) is 3. The van der Waals surface area contributed by atoms with E-state index in [-0.39, 0.29) is 11.8 Å². The first kappa shape index (κ1) is 30.3. The molecule has 2 fully saturated rings. The second-order valence-corrected chi connectivity index (χ2v) is 11.9. The molecule has 1 atom stereocenters. The molecule has 1 saturated heterocycles. The van der Waals surface area contributed by atoms with Gasteiger partial charge in [0.2, 0.25) is 0 Å². The molecule has 9 nitrogen and oxygen atoms in total. The van der Waals surface area contributed by atoms with Crippen LogP contribution in [0.5, 0.6) is 0 Å². The monoisotopic (exact) mass is 585 g/mol. The summed E-state index contributed by atoms with van der Waals surface area (Å²) in [6, 6.07) is 13.9. The van der Waals surface area contributed by atoms with E-state index in [0.29, 0.717) is 59.4 Å². The number of nitrogens with one attached hydrogen (secondary N) is 2. The van der Waals surface area contributed by atoms with E-state index >= 15 is 0 Å². The number of hydrogen-bond donors (Lipinski definition) is 2. The summed E-state index contributed by atoms with van der Waals surface area (Å²) in [7, 11) is 0. The molecule has 0 radical (unpaired) electrons. The number of hydrogen-bond acceptors (Lipinski definition) is 7. The molecular formula is C34H43N5O4. The highest BCUT2D eigenvalue weighted by molar-refractivity contribution is 6.08. The van der Waals surface area contributed by atoms with Crippen molar-refractivity contribution in [2.45, 2.75) is 65.7 Å². The van der Waals surface area contributed by atoms with Gasteiger partial charge in [-0.15, -0.1) is 0 Å².